The highest BCUT2D eigenvalue weighted by Gasteiger charge is 2.14. The predicted octanol–water partition coefficient (Wildman–Crippen LogP) is 1.65. The maximum atomic E-state index is 10.7. The first-order chi connectivity index (χ1) is 8.66. The molecule has 2 N–H and O–H groups in total. The third-order valence-corrected chi connectivity index (χ3v) is 3.07. The van der Waals surface area contributed by atoms with E-state index >= 15 is 0 Å². The Labute approximate surface area is 105 Å². The van der Waals surface area contributed by atoms with Gasteiger partial charge in [0.05, 0.1) is 11.0 Å². The van der Waals surface area contributed by atoms with Gasteiger partial charge in [-0.2, -0.15) is 0 Å². The number of nitrogen functional groups attached to an aromatic ring is 1. The van der Waals surface area contributed by atoms with Crippen LogP contribution in [0.4, 0.5) is 11.4 Å². The molecule has 6 nitrogen and oxygen atoms in total. The van der Waals surface area contributed by atoms with Crippen molar-refractivity contribution in [1.29, 1.82) is 0 Å². The van der Waals surface area contributed by atoms with Gasteiger partial charge >= 0.3 is 0 Å². The summed E-state index contributed by atoms with van der Waals surface area (Å²) in [5, 5.41) is 10.7. The van der Waals surface area contributed by atoms with Gasteiger partial charge < -0.3 is 10.5 Å². The summed E-state index contributed by atoms with van der Waals surface area (Å²) in [4.78, 5) is 12.5. The number of rotatable bonds is 5. The number of hydrogen-bond acceptors (Lipinski definition) is 5. The van der Waals surface area contributed by atoms with E-state index in [2.05, 4.69) is 4.90 Å². The van der Waals surface area contributed by atoms with Crippen molar-refractivity contribution >= 4 is 11.4 Å². The second kappa shape index (κ2) is 5.68. The molecule has 0 aliphatic carbocycles. The maximum Gasteiger partial charge on any atom is 0.295 e. The van der Waals surface area contributed by atoms with E-state index in [9.17, 15) is 10.1 Å². The molecular weight excluding hydrogens is 234 g/mol. The highest BCUT2D eigenvalue weighted by atomic mass is 16.6. The van der Waals surface area contributed by atoms with Gasteiger partial charge in [-0.05, 0) is 38.1 Å². The molecule has 6 heteroatoms. The van der Waals surface area contributed by atoms with Gasteiger partial charge in [-0.25, -0.2) is 0 Å². The first-order valence-corrected chi connectivity index (χ1v) is 6.06. The van der Waals surface area contributed by atoms with Gasteiger partial charge in [-0.3, -0.25) is 15.0 Å². The molecule has 0 atom stereocenters. The lowest BCUT2D eigenvalue weighted by Gasteiger charge is -2.14. The summed E-state index contributed by atoms with van der Waals surface area (Å²) in [6.45, 7) is 3.63. The number of nitrogens with two attached hydrogens (primary N) is 1. The zero-order valence-corrected chi connectivity index (χ0v) is 10.2. The van der Waals surface area contributed by atoms with E-state index in [1.807, 2.05) is 0 Å². The first kappa shape index (κ1) is 12.6. The van der Waals surface area contributed by atoms with Crippen molar-refractivity contribution in [2.45, 2.75) is 12.8 Å². The zero-order chi connectivity index (χ0) is 13.0. The molecule has 1 aromatic carbocycles. The van der Waals surface area contributed by atoms with Crippen LogP contribution < -0.4 is 10.5 Å². The van der Waals surface area contributed by atoms with E-state index in [0.29, 0.717) is 12.4 Å². The predicted molar refractivity (Wildman–Crippen MR) is 68.7 cm³/mol. The maximum absolute atomic E-state index is 10.7. The largest absolute Gasteiger partial charge is 0.492 e. The molecule has 1 heterocycles. The Kier molecular flexibility index (Phi) is 3.99. The number of likely N-dealkylation sites (tertiary alicyclic amines) is 1. The zero-order valence-electron chi connectivity index (χ0n) is 10.2. The quantitative estimate of drug-likeness (QED) is 0.489. The van der Waals surface area contributed by atoms with E-state index in [1.54, 1.807) is 6.07 Å². The molecule has 0 amide bonds. The van der Waals surface area contributed by atoms with Gasteiger partial charge in [0.25, 0.3) is 5.69 Å². The summed E-state index contributed by atoms with van der Waals surface area (Å²) in [7, 11) is 0. The minimum absolute atomic E-state index is 0.103. The Morgan fingerprint density at radius 2 is 2.11 bits per heavy atom. The van der Waals surface area contributed by atoms with Crippen LogP contribution in [0.15, 0.2) is 18.2 Å². The monoisotopic (exact) mass is 251 g/mol. The average molecular weight is 251 g/mol. The fourth-order valence-corrected chi connectivity index (χ4v) is 2.07. The Morgan fingerprint density at radius 1 is 1.39 bits per heavy atom. The number of hydrogen-bond donors (Lipinski definition) is 1. The van der Waals surface area contributed by atoms with Crippen LogP contribution >= 0.6 is 0 Å². The Bertz CT molecular complexity index is 431. The minimum atomic E-state index is -0.497. The second-order valence-corrected chi connectivity index (χ2v) is 4.37. The van der Waals surface area contributed by atoms with E-state index in [-0.39, 0.29) is 11.4 Å². The van der Waals surface area contributed by atoms with E-state index in [0.717, 1.165) is 19.6 Å². The summed E-state index contributed by atoms with van der Waals surface area (Å²) < 4.78 is 5.51. The molecule has 0 aromatic heterocycles. The Balaban J connectivity index is 1.88. The van der Waals surface area contributed by atoms with E-state index in [4.69, 9.17) is 10.5 Å². The number of nitro groups is 1. The molecule has 1 aromatic rings. The number of nitrogens with zero attached hydrogens (tertiary/aromatic N) is 2. The standard InChI is InChI=1S/C12H17N3O3/c13-11-4-3-10(9-12(11)15(16)17)18-8-7-14-5-1-2-6-14/h3-4,9H,1-2,5-8,13H2. The fourth-order valence-electron chi connectivity index (χ4n) is 2.07. The van der Waals surface area contributed by atoms with Crippen molar-refractivity contribution in [3.63, 3.8) is 0 Å². The molecule has 18 heavy (non-hydrogen) atoms. The molecule has 0 spiro atoms. The molecule has 0 saturated carbocycles. The number of ether oxygens (including phenoxy) is 1. The van der Waals surface area contributed by atoms with Crippen LogP contribution in [0.25, 0.3) is 0 Å². The van der Waals surface area contributed by atoms with Crippen LogP contribution in [0.1, 0.15) is 12.8 Å². The molecule has 0 bridgehead atoms. The molecule has 1 aliphatic rings. The molecule has 2 rings (SSSR count). The molecular formula is C12H17N3O3. The van der Waals surface area contributed by atoms with Crippen LogP contribution in [0.5, 0.6) is 5.75 Å². The SMILES string of the molecule is Nc1ccc(OCCN2CCCC2)cc1[N+](=O)[O-]. The van der Waals surface area contributed by atoms with Gasteiger partial charge in [-0.1, -0.05) is 0 Å². The van der Waals surface area contributed by atoms with E-state index < -0.39 is 4.92 Å². The molecule has 0 radical (unpaired) electrons. The van der Waals surface area contributed by atoms with Gasteiger partial charge in [0, 0.05) is 6.54 Å². The summed E-state index contributed by atoms with van der Waals surface area (Å²) >= 11 is 0. The van der Waals surface area contributed by atoms with Crippen LogP contribution in [0.3, 0.4) is 0 Å². The van der Waals surface area contributed by atoms with Crippen LogP contribution in [-0.4, -0.2) is 36.1 Å². The molecule has 1 aliphatic heterocycles. The van der Waals surface area contributed by atoms with Gasteiger partial charge in [0.15, 0.2) is 0 Å². The fraction of sp³-hybridized carbons (Fsp3) is 0.500. The van der Waals surface area contributed by atoms with E-state index in [1.165, 1.54) is 25.0 Å². The lowest BCUT2D eigenvalue weighted by molar-refractivity contribution is -0.384. The second-order valence-electron chi connectivity index (χ2n) is 4.37. The lowest BCUT2D eigenvalue weighted by atomic mass is 10.2. The van der Waals surface area contributed by atoms with Crippen LogP contribution in [0, 0.1) is 10.1 Å². The number of benzene rings is 1. The lowest BCUT2D eigenvalue weighted by Crippen LogP contribution is -2.25. The Morgan fingerprint density at radius 3 is 2.78 bits per heavy atom. The number of anilines is 1. The Hall–Kier alpha value is -1.82. The molecule has 1 saturated heterocycles. The third kappa shape index (κ3) is 3.10. The van der Waals surface area contributed by atoms with Gasteiger partial charge in [-0.15, -0.1) is 0 Å². The number of nitro benzene ring substituents is 1. The van der Waals surface area contributed by atoms with Gasteiger partial charge in [0.1, 0.15) is 18.0 Å². The smallest absolute Gasteiger partial charge is 0.295 e. The van der Waals surface area contributed by atoms with Crippen molar-refractivity contribution in [2.24, 2.45) is 0 Å². The van der Waals surface area contributed by atoms with Crippen molar-refractivity contribution in [2.75, 3.05) is 32.0 Å². The minimum Gasteiger partial charge on any atom is -0.492 e. The van der Waals surface area contributed by atoms with Gasteiger partial charge in [0.2, 0.25) is 0 Å². The average Bonchev–Trinajstić information content (AvgIpc) is 2.84. The molecule has 98 valence electrons. The third-order valence-electron chi connectivity index (χ3n) is 3.07. The van der Waals surface area contributed by atoms with Crippen molar-refractivity contribution < 1.29 is 9.66 Å². The summed E-state index contributed by atoms with van der Waals surface area (Å²) in [6.07, 6.45) is 2.49. The molecule has 0 unspecified atom stereocenters. The highest BCUT2D eigenvalue weighted by Crippen LogP contribution is 2.26. The van der Waals surface area contributed by atoms with Crippen molar-refractivity contribution in [1.82, 2.24) is 4.90 Å². The molecule has 1 fully saturated rings. The normalized spacial score (nSPS) is 15.8. The van der Waals surface area contributed by atoms with Crippen LogP contribution in [-0.2, 0) is 0 Å². The van der Waals surface area contributed by atoms with Crippen molar-refractivity contribution in [3.05, 3.63) is 28.3 Å². The first-order valence-electron chi connectivity index (χ1n) is 6.06. The summed E-state index contributed by atoms with van der Waals surface area (Å²) in [5.41, 5.74) is 5.57. The van der Waals surface area contributed by atoms with Crippen LogP contribution in [0.2, 0.25) is 0 Å². The highest BCUT2D eigenvalue weighted by molar-refractivity contribution is 5.60. The summed E-state index contributed by atoms with van der Waals surface area (Å²) in [6, 6.07) is 4.54. The topological polar surface area (TPSA) is 81.6 Å². The summed E-state index contributed by atoms with van der Waals surface area (Å²) in [5.74, 6) is 0.495. The van der Waals surface area contributed by atoms with Crippen molar-refractivity contribution in [3.8, 4) is 5.75 Å².